The second kappa shape index (κ2) is 14.3. The van der Waals surface area contributed by atoms with Crippen molar-refractivity contribution in [1.82, 2.24) is 30.0 Å². The number of ether oxygens (including phenoxy) is 3. The lowest BCUT2D eigenvalue weighted by Gasteiger charge is -2.36. The summed E-state index contributed by atoms with van der Waals surface area (Å²) in [6, 6.07) is 7.05. The predicted molar refractivity (Wildman–Crippen MR) is 159 cm³/mol. The minimum absolute atomic E-state index is 0.0511. The van der Waals surface area contributed by atoms with Gasteiger partial charge >= 0.3 is 0 Å². The van der Waals surface area contributed by atoms with Crippen molar-refractivity contribution in [3.8, 4) is 0 Å². The molecule has 1 aromatic carbocycles. The summed E-state index contributed by atoms with van der Waals surface area (Å²) in [7, 11) is 0. The van der Waals surface area contributed by atoms with Crippen molar-refractivity contribution in [1.29, 1.82) is 0 Å². The fourth-order valence-electron chi connectivity index (χ4n) is 6.24. The molecule has 0 radical (unpaired) electrons. The highest BCUT2D eigenvalue weighted by Gasteiger charge is 2.32. The lowest BCUT2D eigenvalue weighted by molar-refractivity contribution is -0.127. The number of benzene rings is 1. The van der Waals surface area contributed by atoms with E-state index < -0.39 is 18.8 Å². The summed E-state index contributed by atoms with van der Waals surface area (Å²) in [6.07, 6.45) is 0.160. The lowest BCUT2D eigenvalue weighted by atomic mass is 9.86. The van der Waals surface area contributed by atoms with Crippen LogP contribution in [0.4, 0.5) is 8.78 Å². The number of aliphatic hydroxyl groups excluding tert-OH is 1. The SMILES string of the molecule is O=C(NCC(O)CN1CCOCC1)[C@H]1CC[C@H](OC2=NC(N3CCOCC3)NC(n3c(C(F)F)nc4ccccc43)=C2)CC1. The normalized spacial score (nSPS) is 26.1. The molecule has 1 saturated carbocycles. The van der Waals surface area contributed by atoms with Gasteiger partial charge in [-0.2, -0.15) is 0 Å². The number of amides is 1. The number of para-hydroxylation sites is 2. The van der Waals surface area contributed by atoms with Crippen LogP contribution in [0.3, 0.4) is 0 Å². The molecule has 2 atom stereocenters. The van der Waals surface area contributed by atoms with Gasteiger partial charge in [0.05, 0.1) is 43.6 Å². The first-order valence-electron chi connectivity index (χ1n) is 15.5. The van der Waals surface area contributed by atoms with Crippen molar-refractivity contribution in [3.05, 3.63) is 36.2 Å². The number of imidazole rings is 1. The zero-order valence-electron chi connectivity index (χ0n) is 24.7. The fraction of sp³-hybridized carbons (Fsp3) is 0.633. The Morgan fingerprint density at radius 3 is 2.50 bits per heavy atom. The van der Waals surface area contributed by atoms with Gasteiger partial charge < -0.3 is 30.0 Å². The van der Waals surface area contributed by atoms with Crippen molar-refractivity contribution in [2.45, 2.75) is 50.6 Å². The molecule has 1 aliphatic carbocycles. The van der Waals surface area contributed by atoms with E-state index in [0.717, 1.165) is 13.1 Å². The standard InChI is InChI=1S/C30H41F2N7O5/c31-27(32)28-34-23-3-1-2-4-24(23)39(28)25-17-26(36-30(35-25)38-11-15-43-16-12-38)44-22-7-5-20(6-8-22)29(41)33-18-21(40)19-37-9-13-42-14-10-37/h1-4,17,20-22,27,30,35,40H,5-16,18-19H2,(H,33,41)/t20-,21?,22-,30?. The number of aromatic nitrogens is 2. The van der Waals surface area contributed by atoms with Crippen LogP contribution in [0.2, 0.25) is 0 Å². The molecule has 240 valence electrons. The van der Waals surface area contributed by atoms with Gasteiger partial charge in [-0.15, -0.1) is 0 Å². The first-order valence-corrected chi connectivity index (χ1v) is 15.5. The van der Waals surface area contributed by atoms with Crippen molar-refractivity contribution in [2.75, 3.05) is 65.7 Å². The van der Waals surface area contributed by atoms with Gasteiger partial charge in [-0.25, -0.2) is 18.8 Å². The molecule has 1 aromatic heterocycles. The van der Waals surface area contributed by atoms with Crippen LogP contribution in [0.1, 0.15) is 37.9 Å². The summed E-state index contributed by atoms with van der Waals surface area (Å²) >= 11 is 0. The number of nitrogens with zero attached hydrogens (tertiary/aromatic N) is 5. The molecule has 3 aliphatic heterocycles. The van der Waals surface area contributed by atoms with Crippen LogP contribution in [0.15, 0.2) is 35.3 Å². The first-order chi connectivity index (χ1) is 21.4. The van der Waals surface area contributed by atoms with Crippen LogP contribution >= 0.6 is 0 Å². The molecule has 2 aromatic rings. The Hall–Kier alpha value is -3.17. The van der Waals surface area contributed by atoms with E-state index >= 15 is 0 Å². The van der Waals surface area contributed by atoms with Crippen molar-refractivity contribution in [2.24, 2.45) is 10.9 Å². The van der Waals surface area contributed by atoms with Gasteiger partial charge in [0.15, 0.2) is 12.1 Å². The minimum atomic E-state index is -2.78. The molecular formula is C30H41F2N7O5. The van der Waals surface area contributed by atoms with Gasteiger partial charge in [0.1, 0.15) is 11.9 Å². The first kappa shape index (κ1) is 30.8. The summed E-state index contributed by atoms with van der Waals surface area (Å²) in [5, 5.41) is 16.6. The highest BCUT2D eigenvalue weighted by atomic mass is 19.3. The second-order valence-electron chi connectivity index (χ2n) is 11.7. The number of rotatable bonds is 9. The number of halogens is 2. The van der Waals surface area contributed by atoms with E-state index in [-0.39, 0.29) is 30.3 Å². The lowest BCUT2D eigenvalue weighted by Crippen LogP contribution is -2.51. The molecule has 14 heteroatoms. The molecule has 1 amide bonds. The Kier molecular flexibility index (Phi) is 10.0. The van der Waals surface area contributed by atoms with Gasteiger partial charge in [0.2, 0.25) is 11.8 Å². The number of alkyl halides is 2. The smallest absolute Gasteiger partial charge is 0.296 e. The Balaban J connectivity index is 1.10. The van der Waals surface area contributed by atoms with E-state index in [1.807, 2.05) is 0 Å². The van der Waals surface area contributed by atoms with Gasteiger partial charge in [0, 0.05) is 51.3 Å². The number of fused-ring (bicyclic) bond motifs is 1. The zero-order chi connectivity index (χ0) is 30.5. The maximum Gasteiger partial charge on any atom is 0.296 e. The van der Waals surface area contributed by atoms with Gasteiger partial charge in [-0.05, 0) is 37.8 Å². The number of carbonyl (C=O) groups excluding carboxylic acids is 1. The number of morpholine rings is 2. The van der Waals surface area contributed by atoms with Crippen LogP contribution in [-0.4, -0.2) is 120 Å². The highest BCUT2D eigenvalue weighted by molar-refractivity contribution is 5.95. The Morgan fingerprint density at radius 2 is 1.77 bits per heavy atom. The molecule has 3 fully saturated rings. The molecular weight excluding hydrogens is 576 g/mol. The molecule has 4 aliphatic rings. The zero-order valence-corrected chi connectivity index (χ0v) is 24.7. The van der Waals surface area contributed by atoms with Gasteiger partial charge in [0.25, 0.3) is 6.43 Å². The van der Waals surface area contributed by atoms with Gasteiger partial charge in [-0.3, -0.25) is 19.2 Å². The fourth-order valence-corrected chi connectivity index (χ4v) is 6.24. The third-order valence-electron chi connectivity index (χ3n) is 8.62. The van der Waals surface area contributed by atoms with E-state index in [4.69, 9.17) is 19.2 Å². The van der Waals surface area contributed by atoms with Crippen LogP contribution < -0.4 is 10.6 Å². The maximum atomic E-state index is 14.2. The maximum absolute atomic E-state index is 14.2. The van der Waals surface area contributed by atoms with Crippen LogP contribution in [0.5, 0.6) is 0 Å². The highest BCUT2D eigenvalue weighted by Crippen LogP contribution is 2.30. The van der Waals surface area contributed by atoms with Crippen LogP contribution in [0, 0.1) is 5.92 Å². The number of aliphatic hydroxyl groups is 1. The Labute approximate surface area is 255 Å². The second-order valence-corrected chi connectivity index (χ2v) is 11.7. The number of aliphatic imine (C=N–C) groups is 1. The monoisotopic (exact) mass is 617 g/mol. The quantitative estimate of drug-likeness (QED) is 0.386. The summed E-state index contributed by atoms with van der Waals surface area (Å²) in [4.78, 5) is 26.1. The molecule has 3 N–H and O–H groups in total. The van der Waals surface area contributed by atoms with Crippen molar-refractivity contribution >= 4 is 28.7 Å². The van der Waals surface area contributed by atoms with E-state index in [1.165, 1.54) is 4.57 Å². The topological polar surface area (TPSA) is 126 Å². The molecule has 2 unspecified atom stereocenters. The molecule has 44 heavy (non-hydrogen) atoms. The Morgan fingerprint density at radius 1 is 1.07 bits per heavy atom. The number of hydrogen-bond acceptors (Lipinski definition) is 10. The number of hydrogen-bond donors (Lipinski definition) is 3. The molecule has 12 nitrogen and oxygen atoms in total. The van der Waals surface area contributed by atoms with E-state index in [1.54, 1.807) is 30.3 Å². The molecule has 0 bridgehead atoms. The van der Waals surface area contributed by atoms with Gasteiger partial charge in [-0.1, -0.05) is 12.1 Å². The van der Waals surface area contributed by atoms with Crippen LogP contribution in [0.25, 0.3) is 16.9 Å². The third kappa shape index (κ3) is 7.37. The number of carbonyl (C=O) groups is 1. The molecule has 6 rings (SSSR count). The van der Waals surface area contributed by atoms with E-state index in [9.17, 15) is 18.7 Å². The number of β-amino-alcohol motifs (C(OH)–C–C–N with tert-alkyl or cyclic N) is 1. The minimum Gasteiger partial charge on any atom is -0.474 e. The average molecular weight is 618 g/mol. The third-order valence-corrected chi connectivity index (χ3v) is 8.62. The Bertz CT molecular complexity index is 1330. The summed E-state index contributed by atoms with van der Waals surface area (Å²) in [6.45, 7) is 5.99. The molecule has 0 spiro atoms. The molecule has 2 saturated heterocycles. The largest absolute Gasteiger partial charge is 0.474 e. The summed E-state index contributed by atoms with van der Waals surface area (Å²) in [5.41, 5.74) is 1.04. The summed E-state index contributed by atoms with van der Waals surface area (Å²) in [5.74, 6) is 0.211. The van der Waals surface area contributed by atoms with Crippen molar-refractivity contribution in [3.63, 3.8) is 0 Å². The van der Waals surface area contributed by atoms with Crippen LogP contribution in [-0.2, 0) is 19.0 Å². The molecule has 4 heterocycles. The average Bonchev–Trinajstić information content (AvgIpc) is 3.45. The van der Waals surface area contributed by atoms with E-state index in [0.29, 0.717) is 94.5 Å². The predicted octanol–water partition coefficient (Wildman–Crippen LogP) is 1.77. The number of nitrogens with one attached hydrogen (secondary N) is 2. The van der Waals surface area contributed by atoms with E-state index in [2.05, 4.69) is 25.4 Å². The summed E-state index contributed by atoms with van der Waals surface area (Å²) < 4.78 is 47.0. The van der Waals surface area contributed by atoms with Crippen molar-refractivity contribution < 1.29 is 32.9 Å².